The number of amides is 1. The zero-order valence-corrected chi connectivity index (χ0v) is 21.4. The maximum absolute atomic E-state index is 13.2. The normalized spacial score (nSPS) is 10.9. The predicted molar refractivity (Wildman–Crippen MR) is 139 cm³/mol. The number of carbonyl (C=O) groups excluding carboxylic acids is 1. The monoisotopic (exact) mass is 488 g/mol. The first kappa shape index (κ1) is 25.0. The van der Waals surface area contributed by atoms with Gasteiger partial charge in [0.25, 0.3) is 5.91 Å². The van der Waals surface area contributed by atoms with Gasteiger partial charge in [0.2, 0.25) is 5.75 Å². The lowest BCUT2D eigenvalue weighted by Gasteiger charge is -2.17. The van der Waals surface area contributed by atoms with Crippen molar-refractivity contribution in [3.8, 4) is 28.4 Å². The fourth-order valence-corrected chi connectivity index (χ4v) is 4.19. The van der Waals surface area contributed by atoms with E-state index in [0.29, 0.717) is 42.6 Å². The number of aromatic nitrogens is 3. The maximum atomic E-state index is 13.2. The first-order chi connectivity index (χ1) is 17.5. The number of hydrogen-bond donors (Lipinski definition) is 1. The molecule has 0 fully saturated rings. The van der Waals surface area contributed by atoms with Gasteiger partial charge in [0.15, 0.2) is 17.1 Å². The van der Waals surface area contributed by atoms with Crippen molar-refractivity contribution in [2.45, 2.75) is 41.2 Å². The van der Waals surface area contributed by atoms with Gasteiger partial charge in [-0.2, -0.15) is 5.10 Å². The van der Waals surface area contributed by atoms with Crippen LogP contribution in [-0.4, -0.2) is 40.3 Å². The van der Waals surface area contributed by atoms with Gasteiger partial charge in [-0.15, -0.1) is 0 Å². The summed E-state index contributed by atoms with van der Waals surface area (Å²) in [7, 11) is 0. The molecule has 0 bridgehead atoms. The highest BCUT2D eigenvalue weighted by atomic mass is 16.5. The Labute approximate surface area is 211 Å². The van der Waals surface area contributed by atoms with Crippen molar-refractivity contribution >= 4 is 11.6 Å². The Bertz CT molecular complexity index is 1340. The van der Waals surface area contributed by atoms with Crippen molar-refractivity contribution in [1.82, 2.24) is 19.9 Å². The zero-order chi connectivity index (χ0) is 25.7. The molecule has 188 valence electrons. The number of aryl methyl sites for hydroxylation is 2. The summed E-state index contributed by atoms with van der Waals surface area (Å²) in [5.74, 6) is 1.52. The third-order valence-electron chi connectivity index (χ3n) is 5.79. The molecule has 0 saturated heterocycles. The van der Waals surface area contributed by atoms with Crippen LogP contribution in [0.5, 0.6) is 17.2 Å². The molecule has 8 heteroatoms. The van der Waals surface area contributed by atoms with E-state index in [1.54, 1.807) is 10.7 Å². The molecule has 4 rings (SSSR count). The molecule has 4 aromatic rings. The van der Waals surface area contributed by atoms with Crippen molar-refractivity contribution < 1.29 is 19.0 Å². The van der Waals surface area contributed by atoms with E-state index in [9.17, 15) is 4.79 Å². The molecule has 1 amide bonds. The standard InChI is InChI=1S/C28H32N4O4/c1-6-34-23-14-20(15-24(35-7-2)26(23)36-8-3)16-30-28(33)22-17-29-27-25(21-12-10-9-11-13-21)18(4)31-32(27)19(22)5/h9-15,17H,6-8,16H2,1-5H3,(H,30,33). The molecule has 0 saturated carbocycles. The fraction of sp³-hybridized carbons (Fsp3) is 0.321. The number of nitrogens with one attached hydrogen (secondary N) is 1. The van der Waals surface area contributed by atoms with Gasteiger partial charge in [-0.3, -0.25) is 4.79 Å². The van der Waals surface area contributed by atoms with E-state index in [0.717, 1.165) is 33.7 Å². The Hall–Kier alpha value is -4.07. The topological polar surface area (TPSA) is 87.0 Å². The minimum atomic E-state index is -0.235. The maximum Gasteiger partial charge on any atom is 0.254 e. The van der Waals surface area contributed by atoms with Crippen molar-refractivity contribution in [2.24, 2.45) is 0 Å². The van der Waals surface area contributed by atoms with Gasteiger partial charge in [0.05, 0.1) is 36.8 Å². The van der Waals surface area contributed by atoms with Gasteiger partial charge in [0, 0.05) is 18.3 Å². The lowest BCUT2D eigenvalue weighted by Crippen LogP contribution is -2.25. The average molecular weight is 489 g/mol. The summed E-state index contributed by atoms with van der Waals surface area (Å²) in [4.78, 5) is 17.8. The summed E-state index contributed by atoms with van der Waals surface area (Å²) < 4.78 is 19.1. The molecule has 0 aliphatic carbocycles. The number of ether oxygens (including phenoxy) is 3. The van der Waals surface area contributed by atoms with Gasteiger partial charge >= 0.3 is 0 Å². The first-order valence-corrected chi connectivity index (χ1v) is 12.2. The molecule has 2 heterocycles. The minimum Gasteiger partial charge on any atom is -0.490 e. The third-order valence-corrected chi connectivity index (χ3v) is 5.79. The second kappa shape index (κ2) is 11.1. The van der Waals surface area contributed by atoms with Crippen LogP contribution < -0.4 is 19.5 Å². The quantitative estimate of drug-likeness (QED) is 0.333. The van der Waals surface area contributed by atoms with E-state index in [1.165, 1.54) is 0 Å². The molecule has 0 spiro atoms. The molecular weight excluding hydrogens is 456 g/mol. The van der Waals surface area contributed by atoms with E-state index in [2.05, 4.69) is 15.4 Å². The lowest BCUT2D eigenvalue weighted by molar-refractivity contribution is 0.0949. The predicted octanol–water partition coefficient (Wildman–Crippen LogP) is 5.14. The highest BCUT2D eigenvalue weighted by Gasteiger charge is 2.20. The summed E-state index contributed by atoms with van der Waals surface area (Å²) in [5.41, 5.74) is 5.61. The van der Waals surface area contributed by atoms with E-state index in [-0.39, 0.29) is 12.5 Å². The van der Waals surface area contributed by atoms with Crippen LogP contribution in [0, 0.1) is 13.8 Å². The van der Waals surface area contributed by atoms with Crippen LogP contribution in [0.25, 0.3) is 16.8 Å². The smallest absolute Gasteiger partial charge is 0.254 e. The fourth-order valence-electron chi connectivity index (χ4n) is 4.19. The van der Waals surface area contributed by atoms with Crippen molar-refractivity contribution in [3.63, 3.8) is 0 Å². The summed E-state index contributed by atoms with van der Waals surface area (Å²) in [6.45, 7) is 11.3. The number of carbonyl (C=O) groups is 1. The number of benzene rings is 2. The molecule has 2 aromatic carbocycles. The van der Waals surface area contributed by atoms with Crippen molar-refractivity contribution in [1.29, 1.82) is 0 Å². The van der Waals surface area contributed by atoms with Crippen LogP contribution >= 0.6 is 0 Å². The third kappa shape index (κ3) is 4.98. The number of rotatable bonds is 10. The van der Waals surface area contributed by atoms with Gasteiger partial charge in [0.1, 0.15) is 0 Å². The molecule has 8 nitrogen and oxygen atoms in total. The summed E-state index contributed by atoms with van der Waals surface area (Å²) in [6, 6.07) is 13.8. The van der Waals surface area contributed by atoms with E-state index >= 15 is 0 Å². The van der Waals surface area contributed by atoms with Gasteiger partial charge in [-0.25, -0.2) is 9.50 Å². The summed E-state index contributed by atoms with van der Waals surface area (Å²) >= 11 is 0. The van der Waals surface area contributed by atoms with Gasteiger partial charge in [-0.1, -0.05) is 30.3 Å². The Morgan fingerprint density at radius 3 is 2.19 bits per heavy atom. The molecule has 0 aliphatic rings. The minimum absolute atomic E-state index is 0.235. The van der Waals surface area contributed by atoms with Gasteiger partial charge in [-0.05, 0) is 57.9 Å². The summed E-state index contributed by atoms with van der Waals surface area (Å²) in [5, 5.41) is 7.66. The molecular formula is C28H32N4O4. The molecule has 0 atom stereocenters. The molecule has 0 radical (unpaired) electrons. The largest absolute Gasteiger partial charge is 0.490 e. The number of hydrogen-bond acceptors (Lipinski definition) is 6. The van der Waals surface area contributed by atoms with Crippen LogP contribution in [-0.2, 0) is 6.54 Å². The molecule has 36 heavy (non-hydrogen) atoms. The highest BCUT2D eigenvalue weighted by molar-refractivity contribution is 5.95. The zero-order valence-electron chi connectivity index (χ0n) is 21.4. The Balaban J connectivity index is 1.60. The molecule has 0 aliphatic heterocycles. The Morgan fingerprint density at radius 1 is 0.944 bits per heavy atom. The number of fused-ring (bicyclic) bond motifs is 1. The van der Waals surface area contributed by atoms with Crippen LogP contribution in [0.4, 0.5) is 0 Å². The van der Waals surface area contributed by atoms with Crippen LogP contribution in [0.2, 0.25) is 0 Å². The van der Waals surface area contributed by atoms with Crippen LogP contribution in [0.15, 0.2) is 48.7 Å². The van der Waals surface area contributed by atoms with Crippen LogP contribution in [0.3, 0.4) is 0 Å². The average Bonchev–Trinajstić information content (AvgIpc) is 3.22. The lowest BCUT2D eigenvalue weighted by atomic mass is 10.1. The van der Waals surface area contributed by atoms with E-state index in [1.807, 2.05) is 77.1 Å². The van der Waals surface area contributed by atoms with Crippen molar-refractivity contribution in [2.75, 3.05) is 19.8 Å². The van der Waals surface area contributed by atoms with E-state index in [4.69, 9.17) is 14.2 Å². The Morgan fingerprint density at radius 2 is 1.58 bits per heavy atom. The highest BCUT2D eigenvalue weighted by Crippen LogP contribution is 2.39. The molecule has 2 aromatic heterocycles. The van der Waals surface area contributed by atoms with E-state index < -0.39 is 0 Å². The molecule has 1 N–H and O–H groups in total. The molecule has 0 unspecified atom stereocenters. The van der Waals surface area contributed by atoms with Gasteiger partial charge < -0.3 is 19.5 Å². The first-order valence-electron chi connectivity index (χ1n) is 12.2. The van der Waals surface area contributed by atoms with Crippen molar-refractivity contribution in [3.05, 3.63) is 71.2 Å². The Kier molecular flexibility index (Phi) is 7.73. The van der Waals surface area contributed by atoms with Crippen LogP contribution in [0.1, 0.15) is 48.1 Å². The SMILES string of the molecule is CCOc1cc(CNC(=O)c2cnc3c(-c4ccccc4)c(C)nn3c2C)cc(OCC)c1OCC. The second-order valence-corrected chi connectivity index (χ2v) is 8.22. The summed E-state index contributed by atoms with van der Waals surface area (Å²) in [6.07, 6.45) is 1.61. The second-order valence-electron chi connectivity index (χ2n) is 8.22. The number of nitrogens with zero attached hydrogens (tertiary/aromatic N) is 3.